The fraction of sp³-hybridized carbons (Fsp3) is 0.226. The van der Waals surface area contributed by atoms with E-state index in [4.69, 9.17) is 0 Å². The highest BCUT2D eigenvalue weighted by Crippen LogP contribution is 2.57. The zero-order valence-electron chi connectivity index (χ0n) is 38.2. The van der Waals surface area contributed by atoms with E-state index in [0.717, 1.165) is 0 Å². The summed E-state index contributed by atoms with van der Waals surface area (Å²) in [7, 11) is 0. The van der Waals surface area contributed by atoms with Crippen LogP contribution in [-0.2, 0) is 10.8 Å². The zero-order chi connectivity index (χ0) is 43.4. The maximum atomic E-state index is 2.75. The van der Waals surface area contributed by atoms with Gasteiger partial charge in [0, 0.05) is 49.3 Å². The summed E-state index contributed by atoms with van der Waals surface area (Å²) in [6.07, 6.45) is 5.08. The van der Waals surface area contributed by atoms with Gasteiger partial charge in [-0.25, -0.2) is 0 Å². The number of hydrogen-bond donors (Lipinski definition) is 0. The van der Waals surface area contributed by atoms with Gasteiger partial charge in [0.25, 0.3) is 6.71 Å². The number of nitrogens with zero attached hydrogens (tertiary/aromatic N) is 2. The van der Waals surface area contributed by atoms with E-state index >= 15 is 0 Å². The topological polar surface area (TPSA) is 9.86 Å². The van der Waals surface area contributed by atoms with Gasteiger partial charge in [-0.3, -0.25) is 0 Å². The Labute approximate surface area is 380 Å². The lowest BCUT2D eigenvalue weighted by atomic mass is 9.33. The molecular weight excluding hydrogens is 784 g/mol. The number of fused-ring (bicyclic) bond motifs is 24. The molecule has 312 valence electrons. The van der Waals surface area contributed by atoms with Gasteiger partial charge < -0.3 is 9.13 Å². The van der Waals surface area contributed by atoms with Gasteiger partial charge in [0.2, 0.25) is 0 Å². The Morgan fingerprint density at radius 2 is 1.05 bits per heavy atom. The van der Waals surface area contributed by atoms with Crippen LogP contribution >= 0.6 is 0 Å². The van der Waals surface area contributed by atoms with Crippen LogP contribution in [0.5, 0.6) is 0 Å². The quantitative estimate of drug-likeness (QED) is 0.106. The molecule has 0 spiro atoms. The summed E-state index contributed by atoms with van der Waals surface area (Å²) in [6, 6.07) is 55.3. The summed E-state index contributed by atoms with van der Waals surface area (Å²) >= 11 is 0. The molecule has 2 aromatic heterocycles. The molecular formula is C62H51BN2. The molecule has 4 aliphatic rings. The third-order valence-corrected chi connectivity index (χ3v) is 16.8. The number of aromatic nitrogens is 2. The van der Waals surface area contributed by atoms with Gasteiger partial charge in [-0.1, -0.05) is 158 Å². The first kappa shape index (κ1) is 36.7. The van der Waals surface area contributed by atoms with Gasteiger partial charge in [-0.15, -0.1) is 0 Å². The summed E-state index contributed by atoms with van der Waals surface area (Å²) < 4.78 is 5.40. The molecule has 0 amide bonds. The predicted molar refractivity (Wildman–Crippen MR) is 279 cm³/mol. The van der Waals surface area contributed by atoms with Gasteiger partial charge in [-0.2, -0.15) is 0 Å². The Kier molecular flexibility index (Phi) is 6.89. The summed E-state index contributed by atoms with van der Waals surface area (Å²) in [4.78, 5) is 0. The van der Waals surface area contributed by atoms with Crippen molar-refractivity contribution in [3.8, 4) is 22.5 Å². The van der Waals surface area contributed by atoms with Crippen LogP contribution in [0.15, 0.2) is 140 Å². The van der Waals surface area contributed by atoms with E-state index in [1.807, 2.05) is 0 Å². The van der Waals surface area contributed by atoms with Crippen LogP contribution in [0, 0.1) is 0 Å². The third-order valence-electron chi connectivity index (χ3n) is 16.8. The maximum absolute atomic E-state index is 2.75. The Hall–Kier alpha value is -6.58. The minimum Gasteiger partial charge on any atom is -0.310 e. The fourth-order valence-electron chi connectivity index (χ4n) is 14.0. The fourth-order valence-corrected chi connectivity index (χ4v) is 14.0. The van der Waals surface area contributed by atoms with Crippen molar-refractivity contribution in [3.05, 3.63) is 162 Å². The number of rotatable bonds is 0. The molecule has 9 aromatic carbocycles. The third kappa shape index (κ3) is 4.53. The summed E-state index contributed by atoms with van der Waals surface area (Å²) in [5.74, 6) is 0.999. The first-order valence-corrected chi connectivity index (χ1v) is 24.3. The van der Waals surface area contributed by atoms with Crippen LogP contribution < -0.4 is 16.4 Å². The second-order valence-electron chi connectivity index (χ2n) is 22.2. The SMILES string of the molecule is CC(C)(C)c1ccc2c(c1)c1cc(C(C)(C)C)cc3c1n2-c1cccc2c1B3c1cc3c(c4c5c6c7ccccc7c7ccccc7c6ccc5n-2c14)C1CCCC[C@@H]1c1ccccc1-3. The standard InChI is InChI=1S/C62H51BN2/c1-61(2,3)34-26-28-50-45(30-34)47-31-35(62(4,5)6)32-48-59(47)64(50)52-24-15-25-53-58(52)63(48)49-33-46-41-21-10-8-17-37(41)39-19-12-14-23-43(39)55(46)57-56-51(65(53)60(49)57)29-27-44-40-20-9-7-16-36(40)38-18-11-13-22-42(38)54(44)56/h7-11,13,15-18,20-22,24-33,39,43H,12,14,19,23H2,1-6H3/t39-,43?/m1/s1. The maximum Gasteiger partial charge on any atom is 0.252 e. The van der Waals surface area contributed by atoms with Crippen molar-refractivity contribution in [2.24, 2.45) is 0 Å². The van der Waals surface area contributed by atoms with Gasteiger partial charge in [0.1, 0.15) is 0 Å². The zero-order valence-corrected chi connectivity index (χ0v) is 38.2. The Morgan fingerprint density at radius 3 is 1.78 bits per heavy atom. The molecule has 4 heterocycles. The molecule has 15 rings (SSSR count). The van der Waals surface area contributed by atoms with Crippen molar-refractivity contribution in [2.45, 2.75) is 89.9 Å². The van der Waals surface area contributed by atoms with Gasteiger partial charge in [0.15, 0.2) is 0 Å². The van der Waals surface area contributed by atoms with E-state index in [0.29, 0.717) is 11.8 Å². The van der Waals surface area contributed by atoms with Gasteiger partial charge in [-0.05, 0) is 149 Å². The number of benzene rings is 9. The molecule has 0 N–H and O–H groups in total. The second kappa shape index (κ2) is 12.2. The molecule has 3 heteroatoms. The predicted octanol–water partition coefficient (Wildman–Crippen LogP) is 14.5. The molecule has 0 radical (unpaired) electrons. The summed E-state index contributed by atoms with van der Waals surface area (Å²) in [5.41, 5.74) is 21.3. The smallest absolute Gasteiger partial charge is 0.252 e. The van der Waals surface area contributed by atoms with Crippen molar-refractivity contribution >= 4 is 99.0 Å². The molecule has 1 saturated carbocycles. The van der Waals surface area contributed by atoms with Crippen molar-refractivity contribution in [1.29, 1.82) is 0 Å². The van der Waals surface area contributed by atoms with E-state index in [2.05, 4.69) is 190 Å². The van der Waals surface area contributed by atoms with Gasteiger partial charge >= 0.3 is 0 Å². The lowest BCUT2D eigenvalue weighted by Gasteiger charge is -2.41. The molecule has 11 aromatic rings. The lowest BCUT2D eigenvalue weighted by Crippen LogP contribution is -2.59. The van der Waals surface area contributed by atoms with E-state index in [-0.39, 0.29) is 17.5 Å². The van der Waals surface area contributed by atoms with E-state index < -0.39 is 0 Å². The van der Waals surface area contributed by atoms with Crippen LogP contribution in [0.3, 0.4) is 0 Å². The van der Waals surface area contributed by atoms with Crippen molar-refractivity contribution in [3.63, 3.8) is 0 Å². The number of hydrogen-bond acceptors (Lipinski definition) is 0. The Morgan fingerprint density at radius 1 is 0.446 bits per heavy atom. The molecule has 2 aliphatic carbocycles. The van der Waals surface area contributed by atoms with Crippen molar-refractivity contribution in [1.82, 2.24) is 9.13 Å². The molecule has 2 atom stereocenters. The Balaban J connectivity index is 1.19. The van der Waals surface area contributed by atoms with E-state index in [1.54, 1.807) is 11.1 Å². The Bertz CT molecular complexity index is 3960. The molecule has 2 aliphatic heterocycles. The molecule has 65 heavy (non-hydrogen) atoms. The molecule has 0 saturated heterocycles. The highest BCUT2D eigenvalue weighted by atomic mass is 15.0. The first-order valence-electron chi connectivity index (χ1n) is 24.3. The largest absolute Gasteiger partial charge is 0.310 e. The molecule has 1 unspecified atom stereocenters. The van der Waals surface area contributed by atoms with Gasteiger partial charge in [0.05, 0.1) is 11.0 Å². The van der Waals surface area contributed by atoms with Crippen LogP contribution in [-0.4, -0.2) is 15.8 Å². The van der Waals surface area contributed by atoms with E-state index in [1.165, 1.54) is 152 Å². The minimum absolute atomic E-state index is 0.0348. The van der Waals surface area contributed by atoms with Crippen molar-refractivity contribution < 1.29 is 0 Å². The summed E-state index contributed by atoms with van der Waals surface area (Å²) in [5, 5.41) is 13.8. The van der Waals surface area contributed by atoms with Crippen LogP contribution in [0.25, 0.3) is 98.4 Å². The highest BCUT2D eigenvalue weighted by Gasteiger charge is 2.45. The lowest BCUT2D eigenvalue weighted by molar-refractivity contribution is 0.385. The van der Waals surface area contributed by atoms with Crippen LogP contribution in [0.2, 0.25) is 0 Å². The second-order valence-corrected chi connectivity index (χ2v) is 22.2. The van der Waals surface area contributed by atoms with Crippen molar-refractivity contribution in [2.75, 3.05) is 0 Å². The molecule has 1 fully saturated rings. The molecule has 2 nitrogen and oxygen atoms in total. The average Bonchev–Trinajstić information content (AvgIpc) is 3.85. The van der Waals surface area contributed by atoms with Crippen LogP contribution in [0.1, 0.15) is 101 Å². The average molecular weight is 835 g/mol. The minimum atomic E-state index is -0.0348. The monoisotopic (exact) mass is 834 g/mol. The van der Waals surface area contributed by atoms with E-state index in [9.17, 15) is 0 Å². The first-order chi connectivity index (χ1) is 31.6. The van der Waals surface area contributed by atoms with Crippen LogP contribution in [0.4, 0.5) is 0 Å². The molecule has 0 bridgehead atoms. The summed E-state index contributed by atoms with van der Waals surface area (Å²) in [6.45, 7) is 14.3. The highest BCUT2D eigenvalue weighted by molar-refractivity contribution is 7.00. The normalized spacial score (nSPS) is 17.4.